The number of hydrogen-bond donors (Lipinski definition) is 0. The fourth-order valence-corrected chi connectivity index (χ4v) is 0. The Bertz CT molecular complexity index is 109. The van der Waals surface area contributed by atoms with Crippen molar-refractivity contribution in [2.75, 3.05) is 0 Å². The van der Waals surface area contributed by atoms with Gasteiger partial charge in [0.1, 0.15) is 0 Å². The minimum atomic E-state index is 0. The van der Waals surface area contributed by atoms with Gasteiger partial charge in [-0.25, -0.2) is 0 Å². The van der Waals surface area contributed by atoms with Crippen molar-refractivity contribution in [3.63, 3.8) is 0 Å². The van der Waals surface area contributed by atoms with E-state index >= 15 is 0 Å². The number of nitrogens with zero attached hydrogens (tertiary/aromatic N) is 6. The van der Waals surface area contributed by atoms with Gasteiger partial charge >= 0.3 is 44.4 Å². The van der Waals surface area contributed by atoms with Gasteiger partial charge in [0.2, 0.25) is 0 Å². The van der Waals surface area contributed by atoms with E-state index < -0.39 is 0 Å². The zero-order valence-electron chi connectivity index (χ0n) is 6.74. The Hall–Kier alpha value is -1.50. The van der Waals surface area contributed by atoms with Crippen LogP contribution in [0.25, 0.3) is 0 Å². The van der Waals surface area contributed by atoms with E-state index in [-0.39, 0.29) is 17.1 Å². The third-order valence-electron chi connectivity index (χ3n) is 0. The van der Waals surface area contributed by atoms with Crippen molar-refractivity contribution in [3.8, 4) is 0 Å². The van der Waals surface area contributed by atoms with Crippen LogP contribution < -0.4 is 0 Å². The Balaban J connectivity index is -0.00000000628. The summed E-state index contributed by atoms with van der Waals surface area (Å²) in [5.41, 5.74) is 0. The summed E-state index contributed by atoms with van der Waals surface area (Å²) in [6.07, 6.45) is 0. The van der Waals surface area contributed by atoms with Gasteiger partial charge in [-0.05, 0) is 0 Å². The van der Waals surface area contributed by atoms with Crippen molar-refractivity contribution in [2.45, 2.75) is 0 Å². The molecule has 0 saturated heterocycles. The Morgan fingerprint density at radius 3 is 0.400 bits per heavy atom. The minimum absolute atomic E-state index is 0. The molecule has 0 aliphatic carbocycles. The Labute approximate surface area is 115 Å². The number of rotatable bonds is 0. The topological polar surface area (TPSA) is 143 Å². The molecule has 0 aromatic heterocycles. The molecule has 0 spiro atoms. The van der Waals surface area contributed by atoms with Gasteiger partial charge in [0.05, 0.1) is 0 Å². The first-order valence-corrected chi connectivity index (χ1v) is 3.47. The molecule has 0 aromatic carbocycles. The fourth-order valence-electron chi connectivity index (χ4n) is 0. The molecule has 0 radical (unpaired) electrons. The average molecular weight is 324 g/mol. The standard InChI is InChI=1S/6CN.3Fe/c6*1-2;;;/q6*-1;;;+2. The fraction of sp³-hybridized carbons (Fsp3) is 0. The maximum atomic E-state index is 6.25. The molecule has 0 rings (SSSR count). The van der Waals surface area contributed by atoms with Gasteiger partial charge in [0, 0.05) is 0 Å². The van der Waals surface area contributed by atoms with E-state index in [2.05, 4.69) is 27.3 Å². The summed E-state index contributed by atoms with van der Waals surface area (Å²) < 4.78 is 0. The molecule has 0 aromatic rings. The molecular weight excluding hydrogens is 324 g/mol. The molecule has 6 nitrogen and oxygen atoms in total. The van der Waals surface area contributed by atoms with Crippen LogP contribution in [0.15, 0.2) is 0 Å². The van der Waals surface area contributed by atoms with Crippen LogP contribution in [0.2, 0.25) is 0 Å². The molecule has 0 aliphatic rings. The Morgan fingerprint density at radius 1 is 0.400 bits per heavy atom. The summed E-state index contributed by atoms with van der Waals surface area (Å²) in [7, 11) is 0. The van der Waals surface area contributed by atoms with E-state index in [4.69, 9.17) is 71.0 Å². The molecule has 0 heterocycles. The second-order valence-electron chi connectivity index (χ2n) is 0. The third kappa shape index (κ3) is 611. The van der Waals surface area contributed by atoms with Crippen LogP contribution in [0.4, 0.5) is 0 Å². The summed E-state index contributed by atoms with van der Waals surface area (Å²) >= 11 is 6.00. The van der Waals surface area contributed by atoms with E-state index in [1.807, 2.05) is 0 Å². The molecule has 0 atom stereocenters. The number of hydrogen-bond acceptors (Lipinski definition) is 6. The molecule has 0 bridgehead atoms. The van der Waals surface area contributed by atoms with Gasteiger partial charge < -0.3 is 71.0 Å². The zero-order valence-corrected chi connectivity index (χ0v) is 10.1. The predicted octanol–water partition coefficient (Wildman–Crippen LogP) is 0.571. The van der Waals surface area contributed by atoms with Gasteiger partial charge in [-0.3, -0.25) is 0 Å². The Kier molecular flexibility index (Phi) is 3410. The van der Waals surface area contributed by atoms with Crippen LogP contribution in [0.1, 0.15) is 0 Å². The third-order valence-corrected chi connectivity index (χ3v) is 0. The summed E-state index contributed by atoms with van der Waals surface area (Å²) in [4.78, 5) is 0. The second-order valence-corrected chi connectivity index (χ2v) is 0. The van der Waals surface area contributed by atoms with Crippen molar-refractivity contribution in [3.05, 3.63) is 39.4 Å². The second kappa shape index (κ2) is 733. The zero-order chi connectivity index (χ0) is 14.0. The normalized spacial score (nSPS) is 1.20. The molecule has 9 heteroatoms. The Morgan fingerprint density at radius 2 is 0.400 bits per heavy atom. The van der Waals surface area contributed by atoms with E-state index in [1.54, 1.807) is 0 Å². The van der Waals surface area contributed by atoms with Gasteiger partial charge in [-0.15, -0.1) is 0 Å². The van der Waals surface area contributed by atoms with E-state index in [1.165, 1.54) is 0 Å². The summed E-state index contributed by atoms with van der Waals surface area (Å²) in [6, 6.07) is 0. The van der Waals surface area contributed by atoms with Crippen LogP contribution in [-0.4, -0.2) is 0 Å². The monoisotopic (exact) mass is 324 g/mol. The molecule has 82 valence electrons. The van der Waals surface area contributed by atoms with Crippen LogP contribution in [0.3, 0.4) is 0 Å². The molecule has 15 heavy (non-hydrogen) atoms. The molecule has 0 fully saturated rings. The first-order valence-electron chi connectivity index (χ1n) is 1.47. The summed E-state index contributed by atoms with van der Waals surface area (Å²) in [6.45, 7) is 28.5. The van der Waals surface area contributed by atoms with Gasteiger partial charge in [-0.1, -0.05) is 0 Å². The summed E-state index contributed by atoms with van der Waals surface area (Å²) in [5, 5.41) is 37.5. The molecule has 0 amide bonds. The molecule has 0 saturated carbocycles. The SMILES string of the molecule is [C-]#N.[C-]#N.[C-]#N.[C-]#N.[C-]#N.[C-]#N.[Fe+2].[Fe]=[Fe]. The van der Waals surface area contributed by atoms with Gasteiger partial charge in [0.25, 0.3) is 0 Å². The quantitative estimate of drug-likeness (QED) is 0.471. The summed E-state index contributed by atoms with van der Waals surface area (Å²) in [5.74, 6) is 0. The molecular formula is C6Fe3N6-4. The van der Waals surface area contributed by atoms with Crippen molar-refractivity contribution >= 4 is 0 Å². The molecule has 0 aliphatic heterocycles. The van der Waals surface area contributed by atoms with Crippen LogP contribution in [-0.2, 0) is 44.4 Å². The van der Waals surface area contributed by atoms with Crippen LogP contribution >= 0.6 is 0 Å². The van der Waals surface area contributed by atoms with Crippen molar-refractivity contribution in [1.29, 1.82) is 31.6 Å². The average Bonchev–Trinajstić information content (AvgIpc) is 2.45. The van der Waals surface area contributed by atoms with Gasteiger partial charge in [-0.2, -0.15) is 0 Å². The van der Waals surface area contributed by atoms with Crippen LogP contribution in [0.5, 0.6) is 0 Å². The van der Waals surface area contributed by atoms with Crippen molar-refractivity contribution in [2.24, 2.45) is 0 Å². The molecule has 0 N–H and O–H groups in total. The maximum absolute atomic E-state index is 6.25. The van der Waals surface area contributed by atoms with E-state index in [0.717, 1.165) is 0 Å². The van der Waals surface area contributed by atoms with Crippen LogP contribution in [0, 0.1) is 71.0 Å². The van der Waals surface area contributed by atoms with E-state index in [0.29, 0.717) is 0 Å². The first kappa shape index (κ1) is 69.7. The van der Waals surface area contributed by atoms with E-state index in [9.17, 15) is 0 Å². The van der Waals surface area contributed by atoms with Crippen molar-refractivity contribution < 1.29 is 44.4 Å². The van der Waals surface area contributed by atoms with Crippen molar-refractivity contribution in [1.82, 2.24) is 0 Å². The predicted molar refractivity (Wildman–Crippen MR) is 29.8 cm³/mol. The molecule has 0 unspecified atom stereocenters. The van der Waals surface area contributed by atoms with Gasteiger partial charge in [0.15, 0.2) is 0 Å². The first-order chi connectivity index (χ1) is 7.00.